The molecule has 0 saturated carbocycles. The van der Waals surface area contributed by atoms with E-state index in [1.165, 1.54) is 12.3 Å². The molecule has 3 aromatic rings. The number of amides is 2. The average Bonchev–Trinajstić information content (AvgIpc) is 3.21. The third-order valence-electron chi connectivity index (χ3n) is 4.33. The van der Waals surface area contributed by atoms with Crippen LogP contribution in [0.1, 0.15) is 5.76 Å². The zero-order valence-electron chi connectivity index (χ0n) is 14.6. The maximum atomic E-state index is 14.6. The number of rotatable bonds is 4. The van der Waals surface area contributed by atoms with E-state index in [0.717, 1.165) is 18.9 Å². The Morgan fingerprint density at radius 1 is 1.22 bits per heavy atom. The predicted molar refractivity (Wildman–Crippen MR) is 99.3 cm³/mol. The zero-order chi connectivity index (χ0) is 18.6. The Balaban J connectivity index is 1.48. The second kappa shape index (κ2) is 7.63. The molecule has 8 heteroatoms. The molecule has 0 radical (unpaired) electrons. The van der Waals surface area contributed by atoms with Crippen LogP contribution in [0.4, 0.5) is 20.7 Å². The molecule has 4 rings (SSSR count). The third-order valence-corrected chi connectivity index (χ3v) is 4.33. The minimum Gasteiger partial charge on any atom is -0.467 e. The summed E-state index contributed by atoms with van der Waals surface area (Å²) in [5, 5.41) is 5.90. The van der Waals surface area contributed by atoms with Crippen molar-refractivity contribution in [3.8, 4) is 0 Å². The highest BCUT2D eigenvalue weighted by atomic mass is 19.1. The first-order valence-corrected chi connectivity index (χ1v) is 8.69. The summed E-state index contributed by atoms with van der Waals surface area (Å²) in [6.45, 7) is 2.99. The van der Waals surface area contributed by atoms with E-state index in [1.807, 2.05) is 12.1 Å². The van der Waals surface area contributed by atoms with Crippen molar-refractivity contribution < 1.29 is 18.3 Å². The summed E-state index contributed by atoms with van der Waals surface area (Å²) in [6.07, 6.45) is 1.53. The van der Waals surface area contributed by atoms with Gasteiger partial charge in [-0.1, -0.05) is 0 Å². The number of hydrogen-bond donors (Lipinski definition) is 2. The number of halogens is 1. The molecule has 1 aliphatic heterocycles. The van der Waals surface area contributed by atoms with Crippen molar-refractivity contribution in [2.45, 2.75) is 6.54 Å². The summed E-state index contributed by atoms with van der Waals surface area (Å²) in [5.41, 5.74) is 0.637. The highest BCUT2D eigenvalue weighted by Gasteiger charge is 2.15. The van der Waals surface area contributed by atoms with Gasteiger partial charge in [0.05, 0.1) is 26.0 Å². The normalized spacial score (nSPS) is 14.3. The number of carbonyl (C=O) groups is 1. The van der Waals surface area contributed by atoms with E-state index in [4.69, 9.17) is 9.15 Å². The third kappa shape index (κ3) is 4.01. The van der Waals surface area contributed by atoms with Gasteiger partial charge < -0.3 is 24.7 Å². The van der Waals surface area contributed by atoms with Gasteiger partial charge in [0.2, 0.25) is 0 Å². The predicted octanol–water partition coefficient (Wildman–Crippen LogP) is 3.13. The van der Waals surface area contributed by atoms with Crippen LogP contribution >= 0.6 is 0 Å². The summed E-state index contributed by atoms with van der Waals surface area (Å²) in [5.74, 6) is 0.875. The monoisotopic (exact) mass is 370 g/mol. The van der Waals surface area contributed by atoms with Gasteiger partial charge in [-0.05, 0) is 36.4 Å². The molecule has 0 atom stereocenters. The van der Waals surface area contributed by atoms with E-state index in [-0.39, 0.29) is 12.1 Å². The summed E-state index contributed by atoms with van der Waals surface area (Å²) < 4.78 is 25.0. The highest BCUT2D eigenvalue weighted by Crippen LogP contribution is 2.25. The molecular formula is C19H19FN4O3. The van der Waals surface area contributed by atoms with Crippen LogP contribution in [0.5, 0.6) is 0 Å². The molecule has 1 fully saturated rings. The number of benzene rings is 1. The Hall–Kier alpha value is -3.13. The van der Waals surface area contributed by atoms with E-state index in [0.29, 0.717) is 30.0 Å². The number of hydrogen-bond acceptors (Lipinski definition) is 5. The minimum atomic E-state index is -0.482. The Bertz CT molecular complexity index is 940. The fraction of sp³-hybridized carbons (Fsp3) is 0.263. The van der Waals surface area contributed by atoms with Gasteiger partial charge in [0, 0.05) is 24.2 Å². The number of anilines is 2. The van der Waals surface area contributed by atoms with Gasteiger partial charge in [-0.3, -0.25) is 0 Å². The molecule has 0 unspecified atom stereocenters. The molecule has 2 N–H and O–H groups in total. The number of ether oxygens (including phenoxy) is 1. The molecule has 2 aromatic heterocycles. The van der Waals surface area contributed by atoms with Crippen LogP contribution in [0.2, 0.25) is 0 Å². The smallest absolute Gasteiger partial charge is 0.319 e. The number of furan rings is 1. The number of nitrogens with zero attached hydrogens (tertiary/aromatic N) is 2. The SMILES string of the molecule is O=C(NCc1ccco1)Nc1cc(F)c2nc(N3CCOCC3)ccc2c1. The van der Waals surface area contributed by atoms with Crippen LogP contribution in [0, 0.1) is 5.82 Å². The largest absolute Gasteiger partial charge is 0.467 e. The van der Waals surface area contributed by atoms with E-state index < -0.39 is 11.8 Å². The van der Waals surface area contributed by atoms with Gasteiger partial charge >= 0.3 is 6.03 Å². The molecule has 27 heavy (non-hydrogen) atoms. The molecular weight excluding hydrogens is 351 g/mol. The maximum Gasteiger partial charge on any atom is 0.319 e. The molecule has 3 heterocycles. The zero-order valence-corrected chi connectivity index (χ0v) is 14.6. The van der Waals surface area contributed by atoms with Crippen molar-refractivity contribution in [3.63, 3.8) is 0 Å². The van der Waals surface area contributed by atoms with Crippen LogP contribution in [0.15, 0.2) is 47.1 Å². The molecule has 1 aliphatic rings. The molecule has 0 spiro atoms. The Morgan fingerprint density at radius 3 is 2.85 bits per heavy atom. The first kappa shape index (κ1) is 17.3. The topological polar surface area (TPSA) is 79.6 Å². The van der Waals surface area contributed by atoms with Crippen LogP contribution < -0.4 is 15.5 Å². The molecule has 1 saturated heterocycles. The van der Waals surface area contributed by atoms with Gasteiger partial charge in [0.15, 0.2) is 5.82 Å². The lowest BCUT2D eigenvalue weighted by Gasteiger charge is -2.28. The molecule has 0 bridgehead atoms. The second-order valence-corrected chi connectivity index (χ2v) is 6.19. The number of urea groups is 1. The second-order valence-electron chi connectivity index (χ2n) is 6.19. The van der Waals surface area contributed by atoms with Crippen LogP contribution in [0.3, 0.4) is 0 Å². The summed E-state index contributed by atoms with van der Waals surface area (Å²) >= 11 is 0. The van der Waals surface area contributed by atoms with Gasteiger partial charge in [-0.25, -0.2) is 14.2 Å². The Labute approximate surface area is 155 Å². The van der Waals surface area contributed by atoms with E-state index in [2.05, 4.69) is 20.5 Å². The highest BCUT2D eigenvalue weighted by molar-refractivity contribution is 5.93. The van der Waals surface area contributed by atoms with Crippen LogP contribution in [-0.2, 0) is 11.3 Å². The quantitative estimate of drug-likeness (QED) is 0.738. The van der Waals surface area contributed by atoms with Gasteiger partial charge in [-0.2, -0.15) is 0 Å². The number of carbonyl (C=O) groups excluding carboxylic acids is 1. The lowest BCUT2D eigenvalue weighted by Crippen LogP contribution is -2.36. The van der Waals surface area contributed by atoms with Gasteiger partial charge in [0.25, 0.3) is 0 Å². The van der Waals surface area contributed by atoms with Crippen molar-refractivity contribution in [2.75, 3.05) is 36.5 Å². The Morgan fingerprint density at radius 2 is 2.07 bits per heavy atom. The van der Waals surface area contributed by atoms with E-state index >= 15 is 0 Å². The summed E-state index contributed by atoms with van der Waals surface area (Å²) in [4.78, 5) is 18.5. The Kier molecular flexibility index (Phi) is 4.88. The van der Waals surface area contributed by atoms with Crippen molar-refractivity contribution in [3.05, 3.63) is 54.2 Å². The maximum absolute atomic E-state index is 14.6. The number of pyridine rings is 1. The van der Waals surface area contributed by atoms with E-state index in [1.54, 1.807) is 18.2 Å². The van der Waals surface area contributed by atoms with E-state index in [9.17, 15) is 9.18 Å². The average molecular weight is 370 g/mol. The molecule has 2 amide bonds. The van der Waals surface area contributed by atoms with Crippen molar-refractivity contribution in [2.24, 2.45) is 0 Å². The fourth-order valence-electron chi connectivity index (χ4n) is 2.98. The lowest BCUT2D eigenvalue weighted by molar-refractivity contribution is 0.122. The first-order valence-electron chi connectivity index (χ1n) is 8.69. The van der Waals surface area contributed by atoms with Gasteiger partial charge in [0.1, 0.15) is 17.1 Å². The van der Waals surface area contributed by atoms with Gasteiger partial charge in [-0.15, -0.1) is 0 Å². The number of aromatic nitrogens is 1. The standard InChI is InChI=1S/C19H19FN4O3/c20-16-11-14(22-19(25)21-12-15-2-1-7-27-15)10-13-3-4-17(23-18(13)16)24-5-8-26-9-6-24/h1-4,7,10-11H,5-6,8-9,12H2,(H2,21,22,25). The lowest BCUT2D eigenvalue weighted by atomic mass is 10.2. The van der Waals surface area contributed by atoms with Crippen molar-refractivity contribution in [1.29, 1.82) is 0 Å². The first-order chi connectivity index (χ1) is 13.2. The molecule has 0 aliphatic carbocycles. The molecule has 140 valence electrons. The van der Waals surface area contributed by atoms with Crippen LogP contribution in [0.25, 0.3) is 10.9 Å². The minimum absolute atomic E-state index is 0.249. The molecule has 7 nitrogen and oxygen atoms in total. The summed E-state index contributed by atoms with van der Waals surface area (Å²) in [6, 6.07) is 9.68. The molecule has 1 aromatic carbocycles. The van der Waals surface area contributed by atoms with Crippen LogP contribution in [-0.4, -0.2) is 37.3 Å². The summed E-state index contributed by atoms with van der Waals surface area (Å²) in [7, 11) is 0. The number of fused-ring (bicyclic) bond motifs is 1. The van der Waals surface area contributed by atoms with Crippen molar-refractivity contribution >= 4 is 28.4 Å². The van der Waals surface area contributed by atoms with Crippen molar-refractivity contribution in [1.82, 2.24) is 10.3 Å². The number of morpholine rings is 1. The number of nitrogens with one attached hydrogen (secondary N) is 2. The fourth-order valence-corrected chi connectivity index (χ4v) is 2.98.